The molecule has 1 aromatic rings. The quantitative estimate of drug-likeness (QED) is 0.827. The largest absolute Gasteiger partial charge is 0.347 e. The zero-order valence-corrected chi connectivity index (χ0v) is 10.5. The normalized spacial score (nSPS) is 12.7. The molecule has 0 spiro atoms. The number of rotatable bonds is 6. The summed E-state index contributed by atoms with van der Waals surface area (Å²) in [4.78, 5) is 15.0. The van der Waals surface area contributed by atoms with Crippen molar-refractivity contribution in [1.29, 1.82) is 0 Å². The molecule has 0 radical (unpaired) electrons. The van der Waals surface area contributed by atoms with Gasteiger partial charge < -0.3 is 5.32 Å². The molecule has 0 amide bonds. The summed E-state index contributed by atoms with van der Waals surface area (Å²) >= 11 is 5.77. The highest BCUT2D eigenvalue weighted by atomic mass is 35.5. The molecule has 1 heterocycles. The van der Waals surface area contributed by atoms with Crippen molar-refractivity contribution in [2.75, 3.05) is 6.54 Å². The van der Waals surface area contributed by atoms with Crippen LogP contribution in [-0.4, -0.2) is 22.1 Å². The van der Waals surface area contributed by atoms with E-state index in [-0.39, 0.29) is 5.69 Å². The summed E-state index contributed by atoms with van der Waals surface area (Å²) < 4.78 is 1.52. The Morgan fingerprint density at radius 1 is 1.62 bits per heavy atom. The molecule has 0 aliphatic carbocycles. The lowest BCUT2D eigenvalue weighted by Crippen LogP contribution is -2.32. The van der Waals surface area contributed by atoms with Crippen LogP contribution in [0.4, 0.5) is 0 Å². The Morgan fingerprint density at radius 3 is 3.06 bits per heavy atom. The van der Waals surface area contributed by atoms with E-state index in [2.05, 4.69) is 24.1 Å². The molecule has 0 bridgehead atoms. The van der Waals surface area contributed by atoms with Crippen molar-refractivity contribution in [1.82, 2.24) is 14.9 Å². The molecule has 4 nitrogen and oxygen atoms in total. The Kier molecular flexibility index (Phi) is 5.49. The average molecular weight is 244 g/mol. The van der Waals surface area contributed by atoms with Gasteiger partial charge in [-0.25, -0.2) is 9.78 Å². The van der Waals surface area contributed by atoms with E-state index < -0.39 is 0 Å². The van der Waals surface area contributed by atoms with E-state index in [9.17, 15) is 4.79 Å². The minimum atomic E-state index is -0.255. The molecule has 1 N–H and O–H groups in total. The maximum Gasteiger partial charge on any atom is 0.347 e. The van der Waals surface area contributed by atoms with Crippen LogP contribution in [0.3, 0.4) is 0 Å². The minimum absolute atomic E-state index is 0.255. The number of aromatic nitrogens is 2. The third-order valence-electron chi connectivity index (χ3n) is 2.39. The van der Waals surface area contributed by atoms with E-state index in [4.69, 9.17) is 11.6 Å². The van der Waals surface area contributed by atoms with Crippen LogP contribution in [0, 0.1) is 0 Å². The second-order valence-electron chi connectivity index (χ2n) is 3.89. The van der Waals surface area contributed by atoms with Crippen LogP contribution >= 0.6 is 11.6 Å². The number of hydrogen-bond acceptors (Lipinski definition) is 3. The molecule has 0 aliphatic heterocycles. The molecular weight excluding hydrogens is 226 g/mol. The van der Waals surface area contributed by atoms with Gasteiger partial charge in [-0.15, -0.1) is 0 Å². The topological polar surface area (TPSA) is 46.9 Å². The van der Waals surface area contributed by atoms with Gasteiger partial charge in [-0.2, -0.15) is 0 Å². The van der Waals surface area contributed by atoms with Crippen molar-refractivity contribution >= 4 is 11.6 Å². The summed E-state index contributed by atoms with van der Waals surface area (Å²) in [5, 5.41) is 3.84. The van der Waals surface area contributed by atoms with Crippen LogP contribution in [0.2, 0.25) is 5.02 Å². The number of nitrogens with zero attached hydrogens (tertiary/aromatic N) is 2. The monoisotopic (exact) mass is 243 g/mol. The van der Waals surface area contributed by atoms with Crippen molar-refractivity contribution in [3.63, 3.8) is 0 Å². The predicted molar refractivity (Wildman–Crippen MR) is 65.9 cm³/mol. The van der Waals surface area contributed by atoms with E-state index in [1.807, 2.05) is 0 Å². The Morgan fingerprint density at radius 2 is 2.38 bits per heavy atom. The Labute approximate surface area is 101 Å². The Bertz CT molecular complexity index is 378. The standard InChI is InChI=1S/C11H18ClN3O/c1-3-4-9(2)13-5-6-15-8-10(12)7-14-11(15)16/h7-9,13H,3-6H2,1-2H3. The molecule has 0 aromatic carbocycles. The molecule has 0 aliphatic rings. The zero-order valence-electron chi connectivity index (χ0n) is 9.74. The van der Waals surface area contributed by atoms with E-state index in [0.29, 0.717) is 17.6 Å². The SMILES string of the molecule is CCCC(C)NCCn1cc(Cl)cnc1=O. The smallest absolute Gasteiger partial charge is 0.312 e. The summed E-state index contributed by atoms with van der Waals surface area (Å²) in [5.74, 6) is 0. The first kappa shape index (κ1) is 13.2. The fraction of sp³-hybridized carbons (Fsp3) is 0.636. The summed E-state index contributed by atoms with van der Waals surface area (Å²) in [6.07, 6.45) is 5.28. The first-order chi connectivity index (χ1) is 7.63. The fourth-order valence-electron chi connectivity index (χ4n) is 1.56. The van der Waals surface area contributed by atoms with Crippen LogP contribution in [0.25, 0.3) is 0 Å². The molecule has 90 valence electrons. The molecule has 1 rings (SSSR count). The van der Waals surface area contributed by atoms with Gasteiger partial charge in [0.25, 0.3) is 0 Å². The van der Waals surface area contributed by atoms with Crippen LogP contribution < -0.4 is 11.0 Å². The van der Waals surface area contributed by atoms with Crippen LogP contribution in [0.5, 0.6) is 0 Å². The first-order valence-electron chi connectivity index (χ1n) is 5.59. The zero-order chi connectivity index (χ0) is 12.0. The van der Waals surface area contributed by atoms with Crippen molar-refractivity contribution in [3.05, 3.63) is 27.9 Å². The van der Waals surface area contributed by atoms with Gasteiger partial charge in [0.15, 0.2) is 0 Å². The third kappa shape index (κ3) is 4.33. The van der Waals surface area contributed by atoms with Crippen molar-refractivity contribution in [2.24, 2.45) is 0 Å². The second-order valence-corrected chi connectivity index (χ2v) is 4.33. The van der Waals surface area contributed by atoms with Crippen molar-refractivity contribution < 1.29 is 0 Å². The van der Waals surface area contributed by atoms with E-state index >= 15 is 0 Å². The third-order valence-corrected chi connectivity index (χ3v) is 2.59. The molecule has 1 unspecified atom stereocenters. The number of nitrogens with one attached hydrogen (secondary N) is 1. The van der Waals surface area contributed by atoms with Crippen molar-refractivity contribution in [3.8, 4) is 0 Å². The summed E-state index contributed by atoms with van der Waals surface area (Å²) in [6, 6.07) is 0.479. The highest BCUT2D eigenvalue weighted by Gasteiger charge is 2.01. The second kappa shape index (κ2) is 6.66. The molecule has 5 heteroatoms. The van der Waals surface area contributed by atoms with Crippen molar-refractivity contribution in [2.45, 2.75) is 39.3 Å². The van der Waals surface area contributed by atoms with E-state index in [0.717, 1.165) is 19.4 Å². The van der Waals surface area contributed by atoms with E-state index in [1.54, 1.807) is 6.20 Å². The average Bonchev–Trinajstić information content (AvgIpc) is 2.23. The summed E-state index contributed by atoms with van der Waals surface area (Å²) in [7, 11) is 0. The predicted octanol–water partition coefficient (Wildman–Crippen LogP) is 1.67. The lowest BCUT2D eigenvalue weighted by molar-refractivity contribution is 0.480. The first-order valence-corrected chi connectivity index (χ1v) is 5.96. The minimum Gasteiger partial charge on any atom is -0.312 e. The molecule has 16 heavy (non-hydrogen) atoms. The molecule has 1 atom stereocenters. The van der Waals surface area contributed by atoms with Gasteiger partial charge in [0.1, 0.15) is 0 Å². The van der Waals surface area contributed by atoms with Gasteiger partial charge in [0.2, 0.25) is 0 Å². The van der Waals surface area contributed by atoms with Crippen LogP contribution in [-0.2, 0) is 6.54 Å². The number of hydrogen-bond donors (Lipinski definition) is 1. The Balaban J connectivity index is 2.43. The maximum atomic E-state index is 11.3. The molecule has 0 saturated heterocycles. The molecule has 0 saturated carbocycles. The van der Waals surface area contributed by atoms with E-state index in [1.165, 1.54) is 10.8 Å². The molecular formula is C11H18ClN3O. The van der Waals surface area contributed by atoms with Gasteiger partial charge in [0.05, 0.1) is 11.2 Å². The van der Waals surface area contributed by atoms with Gasteiger partial charge in [-0.1, -0.05) is 24.9 Å². The fourth-order valence-corrected chi connectivity index (χ4v) is 1.72. The maximum absolute atomic E-state index is 11.3. The van der Waals surface area contributed by atoms with Gasteiger partial charge in [0, 0.05) is 25.3 Å². The highest BCUT2D eigenvalue weighted by Crippen LogP contribution is 2.01. The molecule has 1 aromatic heterocycles. The van der Waals surface area contributed by atoms with Gasteiger partial charge >= 0.3 is 5.69 Å². The van der Waals surface area contributed by atoms with Gasteiger partial charge in [-0.05, 0) is 13.3 Å². The molecule has 0 fully saturated rings. The highest BCUT2D eigenvalue weighted by molar-refractivity contribution is 6.30. The summed E-state index contributed by atoms with van der Waals surface area (Å²) in [6.45, 7) is 5.65. The summed E-state index contributed by atoms with van der Waals surface area (Å²) in [5.41, 5.74) is -0.255. The Hall–Kier alpha value is -0.870. The number of halogens is 1. The van der Waals surface area contributed by atoms with Crippen LogP contribution in [0.1, 0.15) is 26.7 Å². The van der Waals surface area contributed by atoms with Crippen LogP contribution in [0.15, 0.2) is 17.2 Å². The lowest BCUT2D eigenvalue weighted by atomic mass is 10.2. The lowest BCUT2D eigenvalue weighted by Gasteiger charge is -2.13. The van der Waals surface area contributed by atoms with Gasteiger partial charge in [-0.3, -0.25) is 4.57 Å².